The minimum absolute atomic E-state index is 0.242. The molecule has 0 aliphatic carbocycles. The van der Waals surface area contributed by atoms with Crippen molar-refractivity contribution in [2.24, 2.45) is 0 Å². The molecule has 1 aromatic heterocycles. The third-order valence-corrected chi connectivity index (χ3v) is 3.51. The third kappa shape index (κ3) is 2.44. The van der Waals surface area contributed by atoms with Crippen molar-refractivity contribution in [1.29, 1.82) is 0 Å². The second-order valence-corrected chi connectivity index (χ2v) is 4.84. The van der Waals surface area contributed by atoms with Crippen molar-refractivity contribution in [3.8, 4) is 0 Å². The van der Waals surface area contributed by atoms with E-state index in [4.69, 9.17) is 4.42 Å². The highest BCUT2D eigenvalue weighted by Gasteiger charge is 2.14. The summed E-state index contributed by atoms with van der Waals surface area (Å²) >= 11 is 0. The van der Waals surface area contributed by atoms with Gasteiger partial charge in [-0.2, -0.15) is 0 Å². The zero-order valence-electron chi connectivity index (χ0n) is 12.4. The summed E-state index contributed by atoms with van der Waals surface area (Å²) in [6, 6.07) is 8.90. The Morgan fingerprint density at radius 1 is 0.826 bits per heavy atom. The Morgan fingerprint density at radius 3 is 1.65 bits per heavy atom. The summed E-state index contributed by atoms with van der Waals surface area (Å²) in [5, 5.41) is 0.687. The van der Waals surface area contributed by atoms with Crippen molar-refractivity contribution >= 4 is 33.9 Å². The van der Waals surface area contributed by atoms with Crippen molar-refractivity contribution in [3.63, 3.8) is 0 Å². The molecule has 0 N–H and O–H groups in total. The van der Waals surface area contributed by atoms with Gasteiger partial charge in [-0.25, -0.2) is 9.59 Å². The number of hydrogen-bond acceptors (Lipinski definition) is 6. The highest BCUT2D eigenvalue weighted by atomic mass is 16.5. The lowest BCUT2D eigenvalue weighted by Gasteiger charge is -2.05. The van der Waals surface area contributed by atoms with Crippen LogP contribution in [0.4, 0.5) is 0 Å². The molecule has 116 valence electrons. The molecule has 0 saturated heterocycles. The van der Waals surface area contributed by atoms with Gasteiger partial charge in [0.2, 0.25) is 5.43 Å². The zero-order valence-corrected chi connectivity index (χ0v) is 12.4. The fourth-order valence-electron chi connectivity index (χ4n) is 2.34. The average molecular weight is 312 g/mol. The first-order valence-electron chi connectivity index (χ1n) is 6.72. The molecule has 1 heterocycles. The molecule has 3 aromatic rings. The van der Waals surface area contributed by atoms with Crippen LogP contribution in [0.5, 0.6) is 0 Å². The molecule has 0 saturated carbocycles. The molecule has 0 radical (unpaired) electrons. The van der Waals surface area contributed by atoms with Gasteiger partial charge in [0, 0.05) is 0 Å². The van der Waals surface area contributed by atoms with Crippen LogP contribution in [0.25, 0.3) is 21.9 Å². The third-order valence-electron chi connectivity index (χ3n) is 3.51. The monoisotopic (exact) mass is 312 g/mol. The highest BCUT2D eigenvalue weighted by molar-refractivity contribution is 5.98. The summed E-state index contributed by atoms with van der Waals surface area (Å²) in [5.41, 5.74) is 0.784. The maximum atomic E-state index is 12.5. The van der Waals surface area contributed by atoms with Gasteiger partial charge in [-0.1, -0.05) is 0 Å². The van der Waals surface area contributed by atoms with Gasteiger partial charge in [0.1, 0.15) is 11.2 Å². The van der Waals surface area contributed by atoms with Crippen LogP contribution in [0, 0.1) is 0 Å². The SMILES string of the molecule is COC(=O)c1ccc2c(=O)c3ccc(C(=O)OC)cc3oc2c1. The van der Waals surface area contributed by atoms with E-state index >= 15 is 0 Å². The maximum absolute atomic E-state index is 12.5. The van der Waals surface area contributed by atoms with Crippen LogP contribution in [-0.2, 0) is 9.47 Å². The van der Waals surface area contributed by atoms with Crippen molar-refractivity contribution in [2.75, 3.05) is 14.2 Å². The summed E-state index contributed by atoms with van der Waals surface area (Å²) in [7, 11) is 2.54. The lowest BCUT2D eigenvalue weighted by molar-refractivity contribution is 0.0592. The van der Waals surface area contributed by atoms with Crippen LogP contribution in [0.15, 0.2) is 45.6 Å². The van der Waals surface area contributed by atoms with Crippen LogP contribution in [0.1, 0.15) is 20.7 Å². The van der Waals surface area contributed by atoms with Crippen molar-refractivity contribution < 1.29 is 23.5 Å². The number of rotatable bonds is 2. The molecular weight excluding hydrogens is 300 g/mol. The summed E-state index contributed by atoms with van der Waals surface area (Å²) in [6.45, 7) is 0. The molecule has 0 aliphatic heterocycles. The number of esters is 2. The molecule has 2 aromatic carbocycles. The Bertz CT molecular complexity index is 922. The molecule has 0 atom stereocenters. The summed E-state index contributed by atoms with van der Waals surface area (Å²) in [5.74, 6) is -1.06. The minimum Gasteiger partial charge on any atom is -0.465 e. The lowest BCUT2D eigenvalue weighted by atomic mass is 10.1. The number of methoxy groups -OCH3 is 2. The van der Waals surface area contributed by atoms with Crippen LogP contribution in [-0.4, -0.2) is 26.2 Å². The molecule has 0 spiro atoms. The number of carbonyl (C=O) groups excluding carboxylic acids is 2. The zero-order chi connectivity index (χ0) is 16.6. The predicted octanol–water partition coefficient (Wildman–Crippen LogP) is 2.52. The quantitative estimate of drug-likeness (QED) is 0.534. The fourth-order valence-corrected chi connectivity index (χ4v) is 2.34. The predicted molar refractivity (Wildman–Crippen MR) is 82.7 cm³/mol. The molecule has 0 unspecified atom stereocenters. The first-order chi connectivity index (χ1) is 11.0. The van der Waals surface area contributed by atoms with E-state index in [1.54, 1.807) is 0 Å². The standard InChI is InChI=1S/C17H12O6/c1-21-16(19)9-3-5-11-13(7-9)23-14-8-10(17(20)22-2)4-6-12(14)15(11)18/h3-8H,1-2H3. The molecule has 0 fully saturated rings. The number of hydrogen-bond donors (Lipinski definition) is 0. The van der Waals surface area contributed by atoms with E-state index in [2.05, 4.69) is 9.47 Å². The summed E-state index contributed by atoms with van der Waals surface area (Å²) < 4.78 is 15.0. The van der Waals surface area contributed by atoms with Gasteiger partial charge in [0.05, 0.1) is 36.1 Å². The van der Waals surface area contributed by atoms with Gasteiger partial charge in [-0.15, -0.1) is 0 Å². The Labute approximate surface area is 130 Å². The number of carbonyl (C=O) groups is 2. The van der Waals surface area contributed by atoms with Crippen molar-refractivity contribution in [2.45, 2.75) is 0 Å². The fraction of sp³-hybridized carbons (Fsp3) is 0.118. The Hall–Kier alpha value is -3.15. The van der Waals surface area contributed by atoms with Crippen molar-refractivity contribution in [1.82, 2.24) is 0 Å². The molecule has 6 heteroatoms. The Balaban J connectivity index is 2.29. The van der Waals surface area contributed by atoms with Gasteiger partial charge in [0.15, 0.2) is 0 Å². The second-order valence-electron chi connectivity index (χ2n) is 4.84. The first-order valence-corrected chi connectivity index (χ1v) is 6.72. The molecule has 0 bridgehead atoms. The average Bonchev–Trinajstić information content (AvgIpc) is 2.59. The molecular formula is C17H12O6. The lowest BCUT2D eigenvalue weighted by Crippen LogP contribution is -2.06. The molecule has 23 heavy (non-hydrogen) atoms. The smallest absolute Gasteiger partial charge is 0.337 e. The van der Waals surface area contributed by atoms with E-state index < -0.39 is 11.9 Å². The Kier molecular flexibility index (Phi) is 3.57. The highest BCUT2D eigenvalue weighted by Crippen LogP contribution is 2.21. The Morgan fingerprint density at radius 2 is 1.26 bits per heavy atom. The second kappa shape index (κ2) is 5.57. The van der Waals surface area contributed by atoms with Gasteiger partial charge in [0.25, 0.3) is 0 Å². The summed E-state index contributed by atoms with van der Waals surface area (Å²) in [4.78, 5) is 35.7. The molecule has 0 aliphatic rings. The van der Waals surface area contributed by atoms with Crippen LogP contribution in [0.2, 0.25) is 0 Å². The number of benzene rings is 2. The van der Waals surface area contributed by atoms with E-state index in [1.807, 2.05) is 0 Å². The van der Waals surface area contributed by atoms with Crippen LogP contribution < -0.4 is 5.43 Å². The molecule has 0 amide bonds. The van der Waals surface area contributed by atoms with Gasteiger partial charge in [-0.3, -0.25) is 4.79 Å². The van der Waals surface area contributed by atoms with Gasteiger partial charge in [-0.05, 0) is 36.4 Å². The topological polar surface area (TPSA) is 82.8 Å². The van der Waals surface area contributed by atoms with Crippen LogP contribution >= 0.6 is 0 Å². The van der Waals surface area contributed by atoms with E-state index in [0.29, 0.717) is 10.8 Å². The summed E-state index contributed by atoms with van der Waals surface area (Å²) in [6.07, 6.45) is 0. The molecule has 3 rings (SSSR count). The molecule has 6 nitrogen and oxygen atoms in total. The van der Waals surface area contributed by atoms with E-state index in [-0.39, 0.29) is 27.7 Å². The normalized spacial score (nSPS) is 10.7. The van der Waals surface area contributed by atoms with Gasteiger partial charge < -0.3 is 13.9 Å². The van der Waals surface area contributed by atoms with E-state index in [9.17, 15) is 14.4 Å². The van der Waals surface area contributed by atoms with Gasteiger partial charge >= 0.3 is 11.9 Å². The minimum atomic E-state index is -0.530. The van der Waals surface area contributed by atoms with Crippen LogP contribution in [0.3, 0.4) is 0 Å². The van der Waals surface area contributed by atoms with E-state index in [1.165, 1.54) is 50.6 Å². The first kappa shape index (κ1) is 14.8. The number of ether oxygens (including phenoxy) is 2. The number of fused-ring (bicyclic) bond motifs is 2. The largest absolute Gasteiger partial charge is 0.465 e. The maximum Gasteiger partial charge on any atom is 0.337 e. The van der Waals surface area contributed by atoms with Crippen molar-refractivity contribution in [3.05, 3.63) is 57.7 Å². The van der Waals surface area contributed by atoms with E-state index in [0.717, 1.165) is 0 Å².